The van der Waals surface area contributed by atoms with Gasteiger partial charge in [-0.15, -0.1) is 0 Å². The van der Waals surface area contributed by atoms with E-state index in [1.165, 1.54) is 11.1 Å². The van der Waals surface area contributed by atoms with Crippen LogP contribution in [0.25, 0.3) is 0 Å². The Kier molecular flexibility index (Phi) is 5.81. The van der Waals surface area contributed by atoms with Crippen LogP contribution in [0.15, 0.2) is 84.9 Å². The molecular formula is C25H25N5O2. The van der Waals surface area contributed by atoms with Crippen LogP contribution in [-0.2, 0) is 6.54 Å². The third-order valence-electron chi connectivity index (χ3n) is 5.73. The van der Waals surface area contributed by atoms with Gasteiger partial charge in [-0.1, -0.05) is 77.9 Å². The highest BCUT2D eigenvalue weighted by molar-refractivity contribution is 5.32. The first-order valence-electron chi connectivity index (χ1n) is 10.7. The van der Waals surface area contributed by atoms with Crippen LogP contribution in [0.2, 0.25) is 0 Å². The van der Waals surface area contributed by atoms with Gasteiger partial charge >= 0.3 is 6.01 Å². The number of ether oxygens (including phenoxy) is 2. The van der Waals surface area contributed by atoms with Gasteiger partial charge in [0, 0.05) is 13.1 Å². The van der Waals surface area contributed by atoms with Gasteiger partial charge in [0.25, 0.3) is 0 Å². The Morgan fingerprint density at radius 1 is 0.875 bits per heavy atom. The molecule has 1 fully saturated rings. The van der Waals surface area contributed by atoms with E-state index in [0.717, 1.165) is 24.4 Å². The number of hydrogen-bond donors (Lipinski definition) is 0. The smallest absolute Gasteiger partial charge is 0.336 e. The SMILES string of the molecule is COc1ccc(Cn2nnnc2OC2CN(C(c3ccccc3)c3ccccc3)C2)cc1. The highest BCUT2D eigenvalue weighted by Gasteiger charge is 2.36. The standard InChI is InChI=1S/C25H25N5O2/c1-31-22-14-12-19(13-15-22)16-30-25(26-27-28-30)32-23-17-29(18-23)24(20-8-4-2-5-9-20)21-10-6-3-7-11-21/h2-15,23-24H,16-18H2,1H3. The van der Waals surface area contributed by atoms with E-state index in [2.05, 4.69) is 81.1 Å². The van der Waals surface area contributed by atoms with Gasteiger partial charge in [-0.25, -0.2) is 0 Å². The average molecular weight is 428 g/mol. The second-order valence-corrected chi connectivity index (χ2v) is 7.88. The summed E-state index contributed by atoms with van der Waals surface area (Å²) in [6, 6.07) is 29.7. The Bertz CT molecular complexity index is 1090. The van der Waals surface area contributed by atoms with Crippen molar-refractivity contribution in [3.63, 3.8) is 0 Å². The minimum Gasteiger partial charge on any atom is -0.497 e. The summed E-state index contributed by atoms with van der Waals surface area (Å²) in [7, 11) is 1.66. The van der Waals surface area contributed by atoms with Gasteiger partial charge in [-0.3, -0.25) is 4.90 Å². The average Bonchev–Trinajstić information content (AvgIpc) is 3.26. The summed E-state index contributed by atoms with van der Waals surface area (Å²) in [6.07, 6.45) is 0.0468. The van der Waals surface area contributed by atoms with Gasteiger partial charge in [0.05, 0.1) is 19.7 Å². The second-order valence-electron chi connectivity index (χ2n) is 7.88. The quantitative estimate of drug-likeness (QED) is 0.428. The zero-order chi connectivity index (χ0) is 21.8. The molecule has 0 atom stereocenters. The lowest BCUT2D eigenvalue weighted by Gasteiger charge is -2.43. The molecule has 162 valence electrons. The fourth-order valence-corrected chi connectivity index (χ4v) is 4.07. The van der Waals surface area contributed by atoms with E-state index in [1.54, 1.807) is 11.8 Å². The molecule has 32 heavy (non-hydrogen) atoms. The van der Waals surface area contributed by atoms with Crippen LogP contribution in [0.1, 0.15) is 22.7 Å². The number of hydrogen-bond acceptors (Lipinski definition) is 6. The lowest BCUT2D eigenvalue weighted by molar-refractivity contribution is -0.00724. The summed E-state index contributed by atoms with van der Waals surface area (Å²) >= 11 is 0. The lowest BCUT2D eigenvalue weighted by Crippen LogP contribution is -2.55. The number of aromatic nitrogens is 4. The molecule has 7 heteroatoms. The molecular weight excluding hydrogens is 402 g/mol. The molecule has 2 heterocycles. The monoisotopic (exact) mass is 427 g/mol. The fourth-order valence-electron chi connectivity index (χ4n) is 4.07. The van der Waals surface area contributed by atoms with Gasteiger partial charge in [0.2, 0.25) is 0 Å². The molecule has 0 radical (unpaired) electrons. The predicted octanol–water partition coefficient (Wildman–Crippen LogP) is 3.58. The molecule has 4 aromatic rings. The second kappa shape index (κ2) is 9.20. The number of rotatable bonds is 8. The first-order chi connectivity index (χ1) is 15.8. The van der Waals surface area contributed by atoms with Crippen molar-refractivity contribution in [2.45, 2.75) is 18.7 Å². The van der Waals surface area contributed by atoms with Crippen molar-refractivity contribution in [2.24, 2.45) is 0 Å². The van der Waals surface area contributed by atoms with Crippen LogP contribution in [0.5, 0.6) is 11.8 Å². The van der Waals surface area contributed by atoms with Gasteiger partial charge in [0.15, 0.2) is 0 Å². The molecule has 5 rings (SSSR count). The zero-order valence-electron chi connectivity index (χ0n) is 17.9. The molecule has 0 spiro atoms. The molecule has 0 saturated carbocycles. The van der Waals surface area contributed by atoms with Crippen molar-refractivity contribution in [1.82, 2.24) is 25.1 Å². The maximum Gasteiger partial charge on any atom is 0.336 e. The molecule has 1 saturated heterocycles. The fraction of sp³-hybridized carbons (Fsp3) is 0.240. The van der Waals surface area contributed by atoms with E-state index in [0.29, 0.717) is 12.6 Å². The molecule has 1 aliphatic rings. The van der Waals surface area contributed by atoms with Gasteiger partial charge < -0.3 is 9.47 Å². The highest BCUT2D eigenvalue weighted by atomic mass is 16.5. The number of nitrogens with zero attached hydrogens (tertiary/aromatic N) is 5. The van der Waals surface area contributed by atoms with Crippen LogP contribution in [-0.4, -0.2) is 51.4 Å². The Morgan fingerprint density at radius 2 is 1.50 bits per heavy atom. The minimum absolute atomic E-state index is 0.0468. The van der Waals surface area contributed by atoms with Crippen LogP contribution < -0.4 is 9.47 Å². The minimum atomic E-state index is 0.0468. The number of methoxy groups -OCH3 is 1. The number of likely N-dealkylation sites (tertiary alicyclic amines) is 1. The van der Waals surface area contributed by atoms with Gasteiger partial charge in [0.1, 0.15) is 11.9 Å². The molecule has 0 aliphatic carbocycles. The van der Waals surface area contributed by atoms with Crippen molar-refractivity contribution in [1.29, 1.82) is 0 Å². The maximum atomic E-state index is 6.15. The topological polar surface area (TPSA) is 65.3 Å². The van der Waals surface area contributed by atoms with Crippen LogP contribution >= 0.6 is 0 Å². The first-order valence-corrected chi connectivity index (χ1v) is 10.7. The molecule has 0 amide bonds. The molecule has 0 bridgehead atoms. The highest BCUT2D eigenvalue weighted by Crippen LogP contribution is 2.33. The van der Waals surface area contributed by atoms with E-state index in [1.807, 2.05) is 24.3 Å². The zero-order valence-corrected chi connectivity index (χ0v) is 17.9. The molecule has 1 aromatic heterocycles. The summed E-state index contributed by atoms with van der Waals surface area (Å²) in [6.45, 7) is 2.16. The van der Waals surface area contributed by atoms with Crippen molar-refractivity contribution < 1.29 is 9.47 Å². The Balaban J connectivity index is 1.25. The maximum absolute atomic E-state index is 6.15. The summed E-state index contributed by atoms with van der Waals surface area (Å²) < 4.78 is 13.1. The van der Waals surface area contributed by atoms with E-state index < -0.39 is 0 Å². The lowest BCUT2D eigenvalue weighted by atomic mass is 9.94. The van der Waals surface area contributed by atoms with Crippen LogP contribution in [0, 0.1) is 0 Å². The van der Waals surface area contributed by atoms with E-state index in [9.17, 15) is 0 Å². The summed E-state index contributed by atoms with van der Waals surface area (Å²) in [4.78, 5) is 2.42. The molecule has 0 unspecified atom stereocenters. The van der Waals surface area contributed by atoms with Crippen LogP contribution in [0.3, 0.4) is 0 Å². The largest absolute Gasteiger partial charge is 0.497 e. The van der Waals surface area contributed by atoms with E-state index >= 15 is 0 Å². The van der Waals surface area contributed by atoms with Gasteiger partial charge in [-0.2, -0.15) is 4.68 Å². The van der Waals surface area contributed by atoms with E-state index in [-0.39, 0.29) is 12.1 Å². The van der Waals surface area contributed by atoms with Crippen LogP contribution in [0.4, 0.5) is 0 Å². The summed E-state index contributed by atoms with van der Waals surface area (Å²) in [5, 5.41) is 12.0. The summed E-state index contributed by atoms with van der Waals surface area (Å²) in [5.41, 5.74) is 3.63. The third-order valence-corrected chi connectivity index (χ3v) is 5.73. The predicted molar refractivity (Wildman–Crippen MR) is 121 cm³/mol. The molecule has 0 N–H and O–H groups in total. The third kappa shape index (κ3) is 4.33. The normalized spacial score (nSPS) is 14.3. The first kappa shape index (κ1) is 20.2. The number of benzene rings is 3. The van der Waals surface area contributed by atoms with Crippen molar-refractivity contribution in [3.8, 4) is 11.8 Å². The Labute approximate surface area is 187 Å². The molecule has 1 aliphatic heterocycles. The summed E-state index contributed by atoms with van der Waals surface area (Å²) in [5.74, 6) is 0.822. The van der Waals surface area contributed by atoms with Crippen molar-refractivity contribution in [2.75, 3.05) is 20.2 Å². The van der Waals surface area contributed by atoms with Crippen molar-refractivity contribution in [3.05, 3.63) is 102 Å². The number of tetrazole rings is 1. The van der Waals surface area contributed by atoms with E-state index in [4.69, 9.17) is 9.47 Å². The Hall–Kier alpha value is -3.71. The van der Waals surface area contributed by atoms with Crippen molar-refractivity contribution >= 4 is 0 Å². The molecule has 7 nitrogen and oxygen atoms in total. The van der Waals surface area contributed by atoms with Gasteiger partial charge in [-0.05, 0) is 39.2 Å². The Morgan fingerprint density at radius 3 is 2.09 bits per heavy atom. The molecule has 3 aromatic carbocycles.